The summed E-state index contributed by atoms with van der Waals surface area (Å²) in [5.74, 6) is -0.458. The Bertz CT molecular complexity index is 1310. The van der Waals surface area contributed by atoms with Crippen molar-refractivity contribution in [3.05, 3.63) is 64.0 Å². The van der Waals surface area contributed by atoms with Crippen LogP contribution in [-0.4, -0.2) is 36.7 Å². The summed E-state index contributed by atoms with van der Waals surface area (Å²) in [6, 6.07) is 7.86. The first-order valence-electron chi connectivity index (χ1n) is 15.0. The van der Waals surface area contributed by atoms with Crippen LogP contribution in [0.1, 0.15) is 104 Å². The van der Waals surface area contributed by atoms with Gasteiger partial charge in [-0.25, -0.2) is 4.39 Å². The Morgan fingerprint density at radius 3 is 2.34 bits per heavy atom. The zero-order chi connectivity index (χ0) is 29.1. The van der Waals surface area contributed by atoms with Crippen molar-refractivity contribution >= 4 is 5.97 Å². The standard InChI is InChI=1S/C33H39F4NO3/c1-19(31(39)40-3)28(22-6-7-22)26-10-8-23-12-13-32(41-30(23)29(26)34)14-16-38(17-15-32)20(2)27-18-24(33(35,36)37)9-11-25(27)21-4-5-21/h8-11,18-22,28H,4-7,12-17H2,1-3H3/t19-,20-,28+/m1/s1. The fourth-order valence-corrected chi connectivity index (χ4v) is 7.27. The molecule has 0 N–H and O–H groups in total. The molecule has 41 heavy (non-hydrogen) atoms. The molecule has 3 atom stereocenters. The number of hydrogen-bond donors (Lipinski definition) is 0. The normalized spacial score (nSPS) is 22.9. The number of nitrogens with zero attached hydrogens (tertiary/aromatic N) is 1. The van der Waals surface area contributed by atoms with E-state index < -0.39 is 23.3 Å². The minimum absolute atomic E-state index is 0.149. The molecule has 8 heteroatoms. The third-order valence-corrected chi connectivity index (χ3v) is 10.1. The molecule has 0 radical (unpaired) electrons. The Kier molecular flexibility index (Phi) is 7.36. The Balaban J connectivity index is 1.20. The highest BCUT2D eigenvalue weighted by molar-refractivity contribution is 5.73. The first-order chi connectivity index (χ1) is 19.5. The van der Waals surface area contributed by atoms with E-state index in [1.807, 2.05) is 26.0 Å². The number of ether oxygens (including phenoxy) is 2. The topological polar surface area (TPSA) is 38.8 Å². The van der Waals surface area contributed by atoms with E-state index in [9.17, 15) is 18.0 Å². The SMILES string of the molecule is COC(=O)[C@H](C)[C@H](c1ccc2c(c1F)OC1(CC2)CCN([C@H](C)c2cc(C(F)(F)F)ccc2C2CC2)CC1)C1CC1. The summed E-state index contributed by atoms with van der Waals surface area (Å²) in [6.45, 7) is 5.15. The highest BCUT2D eigenvalue weighted by Crippen LogP contribution is 2.51. The molecule has 2 saturated carbocycles. The number of esters is 1. The summed E-state index contributed by atoms with van der Waals surface area (Å²) in [7, 11) is 1.37. The second kappa shape index (κ2) is 10.6. The molecular formula is C33H39F4NO3. The first kappa shape index (κ1) is 28.5. The van der Waals surface area contributed by atoms with Gasteiger partial charge in [-0.3, -0.25) is 9.69 Å². The lowest BCUT2D eigenvalue weighted by molar-refractivity contribution is -0.145. The Morgan fingerprint density at radius 1 is 1.02 bits per heavy atom. The largest absolute Gasteiger partial charge is 0.484 e. The van der Waals surface area contributed by atoms with Crippen LogP contribution in [0.3, 0.4) is 0 Å². The molecule has 1 saturated heterocycles. The average Bonchev–Trinajstić information content (AvgIpc) is 3.88. The van der Waals surface area contributed by atoms with Crippen LogP contribution >= 0.6 is 0 Å². The third-order valence-electron chi connectivity index (χ3n) is 10.1. The second-order valence-corrected chi connectivity index (χ2v) is 12.7. The summed E-state index contributed by atoms with van der Waals surface area (Å²) in [6.07, 6.45) is 2.47. The molecule has 0 aromatic heterocycles. The van der Waals surface area contributed by atoms with Gasteiger partial charge in [-0.15, -0.1) is 0 Å². The molecular weight excluding hydrogens is 534 g/mol. The van der Waals surface area contributed by atoms with Gasteiger partial charge < -0.3 is 9.47 Å². The van der Waals surface area contributed by atoms with Gasteiger partial charge in [-0.05, 0) is 105 Å². The van der Waals surface area contributed by atoms with Crippen molar-refractivity contribution in [1.82, 2.24) is 4.90 Å². The summed E-state index contributed by atoms with van der Waals surface area (Å²) in [5, 5.41) is 0. The average molecular weight is 574 g/mol. The number of rotatable bonds is 7. The van der Waals surface area contributed by atoms with Crippen molar-refractivity contribution in [1.29, 1.82) is 0 Å². The minimum Gasteiger partial charge on any atom is -0.484 e. The lowest BCUT2D eigenvalue weighted by Crippen LogP contribution is -2.50. The minimum atomic E-state index is -4.37. The number of methoxy groups -OCH3 is 1. The summed E-state index contributed by atoms with van der Waals surface area (Å²) >= 11 is 0. The van der Waals surface area contributed by atoms with E-state index in [0.29, 0.717) is 49.6 Å². The maximum absolute atomic E-state index is 16.2. The highest BCUT2D eigenvalue weighted by atomic mass is 19.4. The van der Waals surface area contributed by atoms with Crippen LogP contribution in [0.25, 0.3) is 0 Å². The molecule has 2 aliphatic heterocycles. The molecule has 0 bridgehead atoms. The number of halogens is 4. The van der Waals surface area contributed by atoms with Crippen molar-refractivity contribution in [3.63, 3.8) is 0 Å². The second-order valence-electron chi connectivity index (χ2n) is 12.7. The molecule has 4 aliphatic rings. The fourth-order valence-electron chi connectivity index (χ4n) is 7.27. The van der Waals surface area contributed by atoms with Crippen LogP contribution in [0, 0.1) is 17.7 Å². The van der Waals surface area contributed by atoms with Gasteiger partial charge in [-0.2, -0.15) is 13.2 Å². The van der Waals surface area contributed by atoms with Gasteiger partial charge in [0.1, 0.15) is 5.60 Å². The molecule has 2 aromatic carbocycles. The fraction of sp³-hybridized carbons (Fsp3) is 0.606. The Hall–Kier alpha value is -2.61. The van der Waals surface area contributed by atoms with Crippen molar-refractivity contribution in [2.45, 2.75) is 94.9 Å². The van der Waals surface area contributed by atoms with E-state index in [2.05, 4.69) is 4.90 Å². The van der Waals surface area contributed by atoms with Crippen LogP contribution in [0.2, 0.25) is 0 Å². The van der Waals surface area contributed by atoms with Gasteiger partial charge in [0.15, 0.2) is 11.6 Å². The van der Waals surface area contributed by atoms with Gasteiger partial charge in [0.25, 0.3) is 0 Å². The Morgan fingerprint density at radius 2 is 1.73 bits per heavy atom. The lowest BCUT2D eigenvalue weighted by atomic mass is 9.79. The number of hydrogen-bond acceptors (Lipinski definition) is 4. The molecule has 3 fully saturated rings. The van der Waals surface area contributed by atoms with Crippen LogP contribution in [-0.2, 0) is 22.1 Å². The predicted molar refractivity (Wildman–Crippen MR) is 147 cm³/mol. The lowest BCUT2D eigenvalue weighted by Gasteiger charge is -2.46. The van der Waals surface area contributed by atoms with Crippen LogP contribution in [0.5, 0.6) is 5.75 Å². The van der Waals surface area contributed by atoms with Crippen molar-refractivity contribution < 1.29 is 31.8 Å². The maximum Gasteiger partial charge on any atom is 0.416 e. The molecule has 4 nitrogen and oxygen atoms in total. The number of likely N-dealkylation sites (tertiary alicyclic amines) is 1. The summed E-state index contributed by atoms with van der Waals surface area (Å²) < 4.78 is 68.4. The van der Waals surface area contributed by atoms with E-state index in [4.69, 9.17) is 9.47 Å². The zero-order valence-electron chi connectivity index (χ0n) is 24.0. The quantitative estimate of drug-likeness (QED) is 0.249. The van der Waals surface area contributed by atoms with Crippen LogP contribution < -0.4 is 4.74 Å². The van der Waals surface area contributed by atoms with E-state index in [1.165, 1.54) is 19.2 Å². The van der Waals surface area contributed by atoms with E-state index in [1.54, 1.807) is 6.07 Å². The summed E-state index contributed by atoms with van der Waals surface area (Å²) in [4.78, 5) is 14.6. The van der Waals surface area contributed by atoms with Gasteiger partial charge in [0, 0.05) is 25.0 Å². The highest BCUT2D eigenvalue weighted by Gasteiger charge is 2.45. The number of aryl methyl sites for hydroxylation is 1. The number of piperidine rings is 1. The van der Waals surface area contributed by atoms with Crippen LogP contribution in [0.4, 0.5) is 17.6 Å². The zero-order valence-corrected chi connectivity index (χ0v) is 24.0. The molecule has 6 rings (SSSR count). The number of alkyl halides is 3. The van der Waals surface area contributed by atoms with Crippen molar-refractivity contribution in [2.75, 3.05) is 20.2 Å². The van der Waals surface area contributed by atoms with Crippen molar-refractivity contribution in [3.8, 4) is 5.75 Å². The first-order valence-corrected chi connectivity index (χ1v) is 15.0. The molecule has 1 spiro atoms. The molecule has 2 heterocycles. The molecule has 0 unspecified atom stereocenters. The van der Waals surface area contributed by atoms with Crippen molar-refractivity contribution in [2.24, 2.45) is 11.8 Å². The Labute approximate surface area is 239 Å². The van der Waals surface area contributed by atoms with Gasteiger partial charge in [0.05, 0.1) is 18.6 Å². The smallest absolute Gasteiger partial charge is 0.416 e. The number of benzene rings is 2. The molecule has 2 aromatic rings. The monoisotopic (exact) mass is 573 g/mol. The van der Waals surface area contributed by atoms with Gasteiger partial charge in [0.2, 0.25) is 0 Å². The molecule has 222 valence electrons. The number of carbonyl (C=O) groups is 1. The van der Waals surface area contributed by atoms with E-state index in [-0.39, 0.29) is 29.7 Å². The molecule has 0 amide bonds. The van der Waals surface area contributed by atoms with Crippen LogP contribution in [0.15, 0.2) is 30.3 Å². The van der Waals surface area contributed by atoms with E-state index in [0.717, 1.165) is 48.8 Å². The number of fused-ring (bicyclic) bond motifs is 1. The molecule has 2 aliphatic carbocycles. The predicted octanol–water partition coefficient (Wildman–Crippen LogP) is 7.95. The maximum atomic E-state index is 16.2. The van der Waals surface area contributed by atoms with E-state index >= 15 is 4.39 Å². The van der Waals surface area contributed by atoms with Gasteiger partial charge in [-0.1, -0.05) is 25.1 Å². The summed E-state index contributed by atoms with van der Waals surface area (Å²) in [5.41, 5.74) is 2.10. The van der Waals surface area contributed by atoms with Gasteiger partial charge >= 0.3 is 12.1 Å². The number of carbonyl (C=O) groups excluding carboxylic acids is 1. The third kappa shape index (κ3) is 5.49.